The summed E-state index contributed by atoms with van der Waals surface area (Å²) in [6, 6.07) is 1.15. The number of ether oxygens (including phenoxy) is 1. The summed E-state index contributed by atoms with van der Waals surface area (Å²) in [5, 5.41) is 3.63. The van der Waals surface area contributed by atoms with Gasteiger partial charge in [0.2, 0.25) is 0 Å². The Kier molecular flexibility index (Phi) is 9.67. The van der Waals surface area contributed by atoms with Crippen LogP contribution in [0.25, 0.3) is 0 Å². The molecule has 1 N–H and O–H groups in total. The molecule has 3 heteroatoms. The Hall–Kier alpha value is -0.120. The van der Waals surface area contributed by atoms with Gasteiger partial charge in [-0.2, -0.15) is 0 Å². The van der Waals surface area contributed by atoms with Gasteiger partial charge in [-0.1, -0.05) is 27.7 Å². The fraction of sp³-hybridized carbons (Fsp3) is 1.00. The van der Waals surface area contributed by atoms with E-state index in [-0.39, 0.29) is 5.41 Å². The Labute approximate surface area is 121 Å². The number of nitrogens with one attached hydrogen (secondary N) is 1. The van der Waals surface area contributed by atoms with Crippen molar-refractivity contribution in [3.63, 3.8) is 0 Å². The second kappa shape index (κ2) is 9.73. The van der Waals surface area contributed by atoms with Gasteiger partial charge in [-0.25, -0.2) is 0 Å². The molecule has 116 valence electrons. The SMILES string of the molecule is CCCNC(C)C(C)(C)CN(CCOC)C(C)CC. The van der Waals surface area contributed by atoms with E-state index in [1.807, 2.05) is 0 Å². The van der Waals surface area contributed by atoms with Crippen molar-refractivity contribution in [3.8, 4) is 0 Å². The second-order valence-corrected chi connectivity index (χ2v) is 6.38. The lowest BCUT2D eigenvalue weighted by molar-refractivity contribution is 0.0764. The zero-order valence-corrected chi connectivity index (χ0v) is 14.3. The van der Waals surface area contributed by atoms with Crippen LogP contribution in [-0.2, 0) is 4.74 Å². The predicted octanol–water partition coefficient (Wildman–Crippen LogP) is 3.15. The highest BCUT2D eigenvalue weighted by atomic mass is 16.5. The lowest BCUT2D eigenvalue weighted by Crippen LogP contribution is -2.49. The minimum atomic E-state index is 0.270. The molecule has 0 saturated carbocycles. The normalized spacial score (nSPS) is 15.8. The summed E-state index contributed by atoms with van der Waals surface area (Å²) < 4.78 is 5.25. The highest BCUT2D eigenvalue weighted by Gasteiger charge is 2.29. The highest BCUT2D eigenvalue weighted by Crippen LogP contribution is 2.23. The molecule has 2 atom stereocenters. The van der Waals surface area contributed by atoms with Gasteiger partial charge in [0.15, 0.2) is 0 Å². The summed E-state index contributed by atoms with van der Waals surface area (Å²) in [4.78, 5) is 2.56. The zero-order valence-electron chi connectivity index (χ0n) is 14.3. The van der Waals surface area contributed by atoms with E-state index in [4.69, 9.17) is 4.74 Å². The fourth-order valence-corrected chi connectivity index (χ4v) is 2.22. The molecule has 0 spiro atoms. The van der Waals surface area contributed by atoms with Crippen molar-refractivity contribution in [2.24, 2.45) is 5.41 Å². The van der Waals surface area contributed by atoms with Gasteiger partial charge in [0.25, 0.3) is 0 Å². The van der Waals surface area contributed by atoms with Gasteiger partial charge in [-0.05, 0) is 38.6 Å². The summed E-state index contributed by atoms with van der Waals surface area (Å²) >= 11 is 0. The lowest BCUT2D eigenvalue weighted by atomic mass is 9.84. The van der Waals surface area contributed by atoms with Crippen LogP contribution in [0.2, 0.25) is 0 Å². The fourth-order valence-electron chi connectivity index (χ4n) is 2.22. The van der Waals surface area contributed by atoms with Gasteiger partial charge in [-0.3, -0.25) is 4.90 Å². The second-order valence-electron chi connectivity index (χ2n) is 6.38. The lowest BCUT2D eigenvalue weighted by Gasteiger charge is -2.40. The van der Waals surface area contributed by atoms with Gasteiger partial charge >= 0.3 is 0 Å². The summed E-state index contributed by atoms with van der Waals surface area (Å²) in [6.07, 6.45) is 2.38. The van der Waals surface area contributed by atoms with Crippen LogP contribution in [0.15, 0.2) is 0 Å². The Bertz CT molecular complexity index is 219. The monoisotopic (exact) mass is 272 g/mol. The Balaban J connectivity index is 4.51. The quantitative estimate of drug-likeness (QED) is 0.625. The van der Waals surface area contributed by atoms with E-state index in [1.54, 1.807) is 7.11 Å². The summed E-state index contributed by atoms with van der Waals surface area (Å²) in [6.45, 7) is 17.9. The van der Waals surface area contributed by atoms with Crippen LogP contribution < -0.4 is 5.32 Å². The first-order valence-corrected chi connectivity index (χ1v) is 7.85. The van der Waals surface area contributed by atoms with Crippen molar-refractivity contribution >= 4 is 0 Å². The first-order chi connectivity index (χ1) is 8.88. The number of methoxy groups -OCH3 is 1. The third-order valence-electron chi connectivity index (χ3n) is 4.28. The molecular formula is C16H36N2O. The van der Waals surface area contributed by atoms with Crippen LogP contribution in [0, 0.1) is 5.41 Å². The predicted molar refractivity (Wildman–Crippen MR) is 84.7 cm³/mol. The third-order valence-corrected chi connectivity index (χ3v) is 4.28. The molecule has 0 aromatic rings. The highest BCUT2D eigenvalue weighted by molar-refractivity contribution is 4.85. The van der Waals surface area contributed by atoms with Crippen molar-refractivity contribution in [1.82, 2.24) is 10.2 Å². The van der Waals surface area contributed by atoms with Crippen LogP contribution in [-0.4, -0.2) is 50.3 Å². The van der Waals surface area contributed by atoms with E-state index in [0.29, 0.717) is 12.1 Å². The minimum absolute atomic E-state index is 0.270. The molecule has 0 rings (SSSR count). The Morgan fingerprint density at radius 1 is 1.21 bits per heavy atom. The van der Waals surface area contributed by atoms with Crippen LogP contribution in [0.4, 0.5) is 0 Å². The number of hydrogen-bond donors (Lipinski definition) is 1. The zero-order chi connectivity index (χ0) is 14.9. The van der Waals surface area contributed by atoms with Crippen molar-refractivity contribution in [2.75, 3.05) is 33.4 Å². The van der Waals surface area contributed by atoms with Gasteiger partial charge in [0.05, 0.1) is 6.61 Å². The average Bonchev–Trinajstić information content (AvgIpc) is 2.39. The van der Waals surface area contributed by atoms with Crippen molar-refractivity contribution in [2.45, 2.75) is 66.5 Å². The van der Waals surface area contributed by atoms with Crippen LogP contribution in [0.3, 0.4) is 0 Å². The minimum Gasteiger partial charge on any atom is -0.383 e. The molecule has 0 aromatic carbocycles. The molecule has 0 aliphatic carbocycles. The molecule has 0 aliphatic rings. The van der Waals surface area contributed by atoms with Gasteiger partial charge < -0.3 is 10.1 Å². The van der Waals surface area contributed by atoms with Crippen molar-refractivity contribution < 1.29 is 4.74 Å². The molecule has 0 radical (unpaired) electrons. The molecule has 0 bridgehead atoms. The number of hydrogen-bond acceptors (Lipinski definition) is 3. The molecule has 19 heavy (non-hydrogen) atoms. The van der Waals surface area contributed by atoms with E-state index in [1.165, 1.54) is 12.8 Å². The van der Waals surface area contributed by atoms with Crippen LogP contribution >= 0.6 is 0 Å². The van der Waals surface area contributed by atoms with Gasteiger partial charge in [0, 0.05) is 32.3 Å². The molecule has 0 fully saturated rings. The van der Waals surface area contributed by atoms with E-state index in [2.05, 4.69) is 51.8 Å². The average molecular weight is 272 g/mol. The van der Waals surface area contributed by atoms with E-state index < -0.39 is 0 Å². The third kappa shape index (κ3) is 7.28. The van der Waals surface area contributed by atoms with Gasteiger partial charge in [-0.15, -0.1) is 0 Å². The van der Waals surface area contributed by atoms with Crippen LogP contribution in [0.1, 0.15) is 54.4 Å². The summed E-state index contributed by atoms with van der Waals surface area (Å²) in [7, 11) is 1.78. The Morgan fingerprint density at radius 2 is 1.84 bits per heavy atom. The number of nitrogens with zero attached hydrogens (tertiary/aromatic N) is 1. The first-order valence-electron chi connectivity index (χ1n) is 7.85. The maximum atomic E-state index is 5.25. The largest absolute Gasteiger partial charge is 0.383 e. The molecule has 0 amide bonds. The first kappa shape index (κ1) is 18.9. The standard InChI is InChI=1S/C16H36N2O/c1-8-10-17-15(4)16(5,6)13-18(11-12-19-7)14(3)9-2/h14-15,17H,8-13H2,1-7H3. The molecule has 0 heterocycles. The van der Waals surface area contributed by atoms with E-state index >= 15 is 0 Å². The molecule has 0 saturated heterocycles. The maximum Gasteiger partial charge on any atom is 0.0589 e. The molecule has 0 aromatic heterocycles. The molecular weight excluding hydrogens is 236 g/mol. The Morgan fingerprint density at radius 3 is 2.32 bits per heavy atom. The smallest absolute Gasteiger partial charge is 0.0589 e. The van der Waals surface area contributed by atoms with E-state index in [9.17, 15) is 0 Å². The van der Waals surface area contributed by atoms with Gasteiger partial charge in [0.1, 0.15) is 0 Å². The summed E-state index contributed by atoms with van der Waals surface area (Å²) in [5.74, 6) is 0. The van der Waals surface area contributed by atoms with Crippen molar-refractivity contribution in [3.05, 3.63) is 0 Å². The van der Waals surface area contributed by atoms with Crippen molar-refractivity contribution in [1.29, 1.82) is 0 Å². The van der Waals surface area contributed by atoms with E-state index in [0.717, 1.165) is 26.2 Å². The van der Waals surface area contributed by atoms with Crippen LogP contribution in [0.5, 0.6) is 0 Å². The number of rotatable bonds is 11. The topological polar surface area (TPSA) is 24.5 Å². The summed E-state index contributed by atoms with van der Waals surface area (Å²) in [5.41, 5.74) is 0.270. The molecule has 2 unspecified atom stereocenters. The molecule has 3 nitrogen and oxygen atoms in total. The molecule has 0 aliphatic heterocycles. The maximum absolute atomic E-state index is 5.25.